The van der Waals surface area contributed by atoms with Gasteiger partial charge in [0.25, 0.3) is 22.2 Å². The predicted molar refractivity (Wildman–Crippen MR) is 428 cm³/mol. The van der Waals surface area contributed by atoms with Crippen LogP contribution in [0.25, 0.3) is 16.7 Å². The molecule has 4 unspecified atom stereocenters. The number of nitrogens with zero attached hydrogens (tertiary/aromatic N) is 16. The lowest BCUT2D eigenvalue weighted by atomic mass is 9.72. The Bertz CT molecular complexity index is 4790. The van der Waals surface area contributed by atoms with Crippen molar-refractivity contribution >= 4 is 87.1 Å². The number of benzene rings is 3. The van der Waals surface area contributed by atoms with Crippen LogP contribution >= 0.6 is 23.2 Å². The van der Waals surface area contributed by atoms with Crippen LogP contribution in [-0.2, 0) is 47.2 Å². The Morgan fingerprint density at radius 3 is 1.15 bits per heavy atom. The van der Waals surface area contributed by atoms with Gasteiger partial charge in [-0.15, -0.1) is 13.2 Å². The fraction of sp³-hybridized carbons (Fsp3) is 0.342. The van der Waals surface area contributed by atoms with Crippen molar-refractivity contribution in [1.82, 2.24) is 77.7 Å². The first-order chi connectivity index (χ1) is 52.6. The maximum absolute atomic E-state index is 12.3. The molecule has 574 valence electrons. The molecule has 8 amide bonds. The van der Waals surface area contributed by atoms with Crippen molar-refractivity contribution in [3.05, 3.63) is 271 Å². The van der Waals surface area contributed by atoms with Crippen molar-refractivity contribution in [2.45, 2.75) is 70.0 Å². The van der Waals surface area contributed by atoms with Crippen LogP contribution in [0.15, 0.2) is 231 Å². The minimum absolute atomic E-state index is 0.00542. The summed E-state index contributed by atoms with van der Waals surface area (Å²) in [4.78, 5) is 132. The highest BCUT2D eigenvalue weighted by Crippen LogP contribution is 2.57. The third kappa shape index (κ3) is 17.0. The summed E-state index contributed by atoms with van der Waals surface area (Å²) in [5.41, 5.74) is 4.51. The predicted octanol–water partition coefficient (Wildman–Crippen LogP) is 7.07. The lowest BCUT2D eigenvalue weighted by Crippen LogP contribution is -2.41. The number of aromatic nitrogens is 8. The van der Waals surface area contributed by atoms with E-state index in [-0.39, 0.29) is 77.1 Å². The Morgan fingerprint density at radius 2 is 0.800 bits per heavy atom. The molecular formula is C79H92BBrN16O12P+. The van der Waals surface area contributed by atoms with Crippen LogP contribution in [0.4, 0.5) is 19.2 Å². The molecule has 13 heterocycles. The molecule has 4 atom stereocenters. The van der Waals surface area contributed by atoms with Gasteiger partial charge in [0.2, 0.25) is 0 Å². The Kier molecular flexibility index (Phi) is 25.1. The van der Waals surface area contributed by atoms with Crippen LogP contribution in [0.2, 0.25) is 0 Å². The molecule has 110 heavy (non-hydrogen) atoms. The number of halogens is 1. The van der Waals surface area contributed by atoms with E-state index in [0.717, 1.165) is 22.2 Å². The van der Waals surface area contributed by atoms with Crippen LogP contribution in [0, 0.1) is 0 Å². The number of hydroxylamine groups is 4. The van der Waals surface area contributed by atoms with Gasteiger partial charge in [0, 0.05) is 129 Å². The van der Waals surface area contributed by atoms with E-state index in [1.54, 1.807) is 83.8 Å². The highest BCUT2D eigenvalue weighted by molar-refractivity contribution is 9.10. The van der Waals surface area contributed by atoms with E-state index in [2.05, 4.69) is 159 Å². The third-order valence-electron chi connectivity index (χ3n) is 20.6. The zero-order valence-corrected chi connectivity index (χ0v) is 66.1. The smallest absolute Gasteiger partial charge is 0.400 e. The summed E-state index contributed by atoms with van der Waals surface area (Å²) in [5.74, 6) is 2.41. The van der Waals surface area contributed by atoms with Crippen molar-refractivity contribution in [2.75, 3.05) is 79.7 Å². The van der Waals surface area contributed by atoms with Gasteiger partial charge >= 0.3 is 31.2 Å². The van der Waals surface area contributed by atoms with Crippen molar-refractivity contribution in [2.24, 2.45) is 28.2 Å². The minimum Gasteiger partial charge on any atom is -0.400 e. The monoisotopic (exact) mass is 1580 g/mol. The number of urea groups is 4. The molecule has 4 aromatic heterocycles. The molecule has 0 spiro atoms. The number of rotatable bonds is 14. The van der Waals surface area contributed by atoms with Gasteiger partial charge in [-0.2, -0.15) is 10.1 Å². The standard InChI is InChI=1S/C21H20P.C15H23BN2O4.C14H16N4O3.2C12H14N4O2.C5H5BrN2O/c1-2-18-22(19-12-6-3-7-13-19,20-14-8-4-9-15-20)21-16-10-5-11-17-21;1-6-9-20-18-12-10-17(13(18)19)8-7-11(12)16-21-14(2,3)15(4,5)22-16;1-3-6-21-18-12-8-17(14(18)20)5-4-10(12)11-7-13(19)16(2)9-15-11;2*1-14-7-13-9(5-11(14)17)8-3-4-16-6-10(8)15(2)12(16)18;1-8-3-7-4(6)2-5(8)9/h2-18H,1H3;6-7,12H,1,8-10H2,2-5H3;3-4,7,9,12H,1,5-6,8H2,2H3;2*3,5,7,10H,4,6H2,1-2H3;2-3H,1H3/q+1;;;;;/b18-2+;;;;;. The minimum atomic E-state index is -1.73. The Labute approximate surface area is 648 Å². The number of amides is 8. The van der Waals surface area contributed by atoms with E-state index in [0.29, 0.717) is 80.6 Å². The lowest BCUT2D eigenvalue weighted by molar-refractivity contribution is -0.109. The van der Waals surface area contributed by atoms with Crippen molar-refractivity contribution in [3.8, 4) is 0 Å². The van der Waals surface area contributed by atoms with Gasteiger partial charge in [-0.05, 0) is 92.4 Å². The van der Waals surface area contributed by atoms with Crippen LogP contribution in [0.3, 0.4) is 0 Å². The molecule has 9 aliphatic rings. The molecule has 0 radical (unpaired) electrons. The van der Waals surface area contributed by atoms with Gasteiger partial charge in [0.1, 0.15) is 33.8 Å². The van der Waals surface area contributed by atoms with Crippen LogP contribution in [0.5, 0.6) is 0 Å². The van der Waals surface area contributed by atoms with E-state index >= 15 is 0 Å². The topological polar surface area (TPSA) is 271 Å². The molecule has 7 aromatic rings. The quantitative estimate of drug-likeness (QED) is 0.0456. The molecule has 5 saturated heterocycles. The highest BCUT2D eigenvalue weighted by Gasteiger charge is 2.57. The number of carbonyl (C=O) groups excluding carboxylic acids is 4. The van der Waals surface area contributed by atoms with Crippen molar-refractivity contribution in [3.63, 3.8) is 0 Å². The molecule has 0 saturated carbocycles. The fourth-order valence-corrected chi connectivity index (χ4v) is 17.8. The molecule has 3 aromatic carbocycles. The molecule has 0 aliphatic carbocycles. The summed E-state index contributed by atoms with van der Waals surface area (Å²) in [6.45, 7) is 22.7. The summed E-state index contributed by atoms with van der Waals surface area (Å²) in [6.07, 6.45) is 19.3. The van der Waals surface area contributed by atoms with Crippen molar-refractivity contribution in [1.29, 1.82) is 0 Å². The van der Waals surface area contributed by atoms with Gasteiger partial charge in [0.05, 0.1) is 97.3 Å². The molecule has 28 nitrogen and oxygen atoms in total. The zero-order chi connectivity index (χ0) is 78.9. The maximum atomic E-state index is 12.3. The molecule has 31 heteroatoms. The molecule has 9 aliphatic heterocycles. The summed E-state index contributed by atoms with van der Waals surface area (Å²) in [6, 6.07) is 38.0. The summed E-state index contributed by atoms with van der Waals surface area (Å²) < 4.78 is 18.5. The molecule has 5 fully saturated rings. The number of aryl methyl sites for hydroxylation is 4. The summed E-state index contributed by atoms with van der Waals surface area (Å²) in [7, 11) is 8.03. The second-order valence-electron chi connectivity index (χ2n) is 28.2. The van der Waals surface area contributed by atoms with Crippen LogP contribution < -0.4 is 38.2 Å². The number of carbonyl (C=O) groups is 4. The Hall–Kier alpha value is -10.7. The first-order valence-electron chi connectivity index (χ1n) is 35.9. The van der Waals surface area contributed by atoms with Gasteiger partial charge in [-0.1, -0.05) is 97.1 Å². The van der Waals surface area contributed by atoms with E-state index in [4.69, 9.17) is 19.0 Å². The molecule has 8 bridgehead atoms. The van der Waals surface area contributed by atoms with Crippen LogP contribution in [-0.4, -0.2) is 224 Å². The first-order valence-corrected chi connectivity index (χ1v) is 38.6. The number of hydrogen-bond donors (Lipinski definition) is 0. The van der Waals surface area contributed by atoms with Gasteiger partial charge < -0.3 is 57.0 Å². The van der Waals surface area contributed by atoms with Gasteiger partial charge in [-0.3, -0.25) is 28.9 Å². The average Bonchev–Trinajstić information content (AvgIpc) is 1.59. The second kappa shape index (κ2) is 34.4. The van der Waals surface area contributed by atoms with Crippen molar-refractivity contribution < 1.29 is 38.2 Å². The SMILES string of the molecule is C/C=C/[P+](c1ccccc1)(c1ccccc1)c1ccccc1.C=CCON1C(=O)N2CC=C(B3OC(C)(C)C(C)(C)O3)C1C2.C=CCON1C(=O)N2CC=C(c3cc(=O)n(C)cn3)C1C2.CN1C(=O)N2CC=C(c3cc(=O)n(C)cn3)C1C2.CN1C(=O)N2CC=C(c3cc(=O)n(C)cn3)C1C2.Cn1cnc(Br)cc1=O. The molecular weight excluding hydrogens is 1490 g/mol. The van der Waals surface area contributed by atoms with E-state index < -0.39 is 25.6 Å². The summed E-state index contributed by atoms with van der Waals surface area (Å²) >= 11 is 3.07. The number of likely N-dealkylation sites (N-methyl/N-ethyl adjacent to an activating group) is 2. The normalized spacial score (nSPS) is 20.2. The zero-order valence-electron chi connectivity index (χ0n) is 63.6. The van der Waals surface area contributed by atoms with Crippen LogP contribution in [0.1, 0.15) is 51.7 Å². The van der Waals surface area contributed by atoms with E-state index in [1.807, 2.05) is 52.0 Å². The van der Waals surface area contributed by atoms with E-state index in [1.165, 1.54) is 93.9 Å². The third-order valence-corrected chi connectivity index (χ3v) is 25.1. The maximum Gasteiger partial charge on any atom is 0.492 e. The number of fused-ring (bicyclic) bond motifs is 8. The molecule has 0 N–H and O–H groups in total. The number of allylic oxidation sites excluding steroid dienone is 1. The number of hydrogen-bond acceptors (Lipinski definition) is 16. The van der Waals surface area contributed by atoms with E-state index in [9.17, 15) is 38.4 Å². The average molecular weight is 1580 g/mol. The lowest BCUT2D eigenvalue weighted by Gasteiger charge is -2.32. The fourth-order valence-electron chi connectivity index (χ4n) is 13.7. The second-order valence-corrected chi connectivity index (χ2v) is 32.3. The van der Waals surface area contributed by atoms with Gasteiger partial charge in [-0.25, -0.2) is 39.1 Å². The Balaban J connectivity index is 0.000000133. The Morgan fingerprint density at radius 1 is 0.473 bits per heavy atom. The highest BCUT2D eigenvalue weighted by atomic mass is 79.9. The first kappa shape index (κ1) is 80.3. The largest absolute Gasteiger partial charge is 0.492 e. The van der Waals surface area contributed by atoms with Gasteiger partial charge in [0.15, 0.2) is 0 Å². The summed E-state index contributed by atoms with van der Waals surface area (Å²) in [5, 5.41) is 6.95. The molecule has 16 rings (SSSR count).